The molecule has 0 saturated heterocycles. The molecule has 392 valence electrons. The SMILES string of the molecule is [C-]#[N+]c1ccc2c(c1)c1cc([N+]#[C-])ccc1n2-c1cnc2c(c1)C1(c3cc(-n4c5ccccc5c5ccccc54)cnc3-2)c2cccc(N3c4ccccc4Oc4ccccc43)c2Oc2c(-n3c4ccccc4c4cc([N+]#[C-])ccc43)cccc21. The summed E-state index contributed by atoms with van der Waals surface area (Å²) in [6.45, 7) is 24.1. The van der Waals surface area contributed by atoms with E-state index >= 15 is 0 Å². The number of fused-ring (bicyclic) bond motifs is 20. The van der Waals surface area contributed by atoms with Crippen molar-refractivity contribution in [1.82, 2.24) is 23.7 Å². The Morgan fingerprint density at radius 3 is 1.22 bits per heavy atom. The molecule has 3 aliphatic rings. The van der Waals surface area contributed by atoms with E-state index in [-0.39, 0.29) is 0 Å². The Morgan fingerprint density at radius 2 is 0.718 bits per heavy atom. The van der Waals surface area contributed by atoms with Gasteiger partial charge in [0.2, 0.25) is 0 Å². The largest absolute Gasteiger partial charge is 0.453 e. The highest BCUT2D eigenvalue weighted by Gasteiger charge is 2.54. The van der Waals surface area contributed by atoms with Crippen molar-refractivity contribution in [3.8, 4) is 51.4 Å². The first-order chi connectivity index (χ1) is 42.0. The third-order valence-electron chi connectivity index (χ3n) is 17.6. The predicted octanol–water partition coefficient (Wildman–Crippen LogP) is 19.5. The molecule has 0 radical (unpaired) electrons. The summed E-state index contributed by atoms with van der Waals surface area (Å²) in [5.41, 5.74) is 16.1. The Labute approximate surface area is 485 Å². The molecule has 0 saturated carbocycles. The van der Waals surface area contributed by atoms with E-state index in [1.165, 1.54) is 0 Å². The molecule has 5 aromatic heterocycles. The Hall–Kier alpha value is -12.2. The molecule has 1 aliphatic carbocycles. The second-order valence-electron chi connectivity index (χ2n) is 21.7. The van der Waals surface area contributed by atoms with E-state index in [1.54, 1.807) is 0 Å². The molecule has 11 nitrogen and oxygen atoms in total. The zero-order valence-electron chi connectivity index (χ0n) is 44.9. The number of aromatic nitrogens is 5. The summed E-state index contributed by atoms with van der Waals surface area (Å²) in [6, 6.07) is 76.7. The number of benzene rings is 10. The number of rotatable bonds is 4. The summed E-state index contributed by atoms with van der Waals surface area (Å²) in [4.78, 5) is 25.0. The molecule has 1 spiro atoms. The molecular weight excluding hydrogens is 1050 g/mol. The predicted molar refractivity (Wildman–Crippen MR) is 336 cm³/mol. The molecule has 1 atom stereocenters. The van der Waals surface area contributed by atoms with E-state index in [0.717, 1.165) is 133 Å². The molecule has 0 bridgehead atoms. The molecule has 18 rings (SSSR count). The van der Waals surface area contributed by atoms with Gasteiger partial charge in [-0.2, -0.15) is 0 Å². The highest BCUT2D eigenvalue weighted by atomic mass is 16.5. The maximum atomic E-state index is 8.06. The van der Waals surface area contributed by atoms with Gasteiger partial charge in [-0.15, -0.1) is 0 Å². The van der Waals surface area contributed by atoms with Crippen LogP contribution >= 0.6 is 0 Å². The molecule has 0 fully saturated rings. The zero-order chi connectivity index (χ0) is 56.2. The third-order valence-corrected chi connectivity index (χ3v) is 17.6. The fraction of sp³-hybridized carbons (Fsp3) is 0.0135. The summed E-state index contributed by atoms with van der Waals surface area (Å²) in [6.07, 6.45) is 3.91. The van der Waals surface area contributed by atoms with Crippen molar-refractivity contribution in [2.45, 2.75) is 5.41 Å². The summed E-state index contributed by atoms with van der Waals surface area (Å²) >= 11 is 0. The van der Waals surface area contributed by atoms with E-state index in [4.69, 9.17) is 39.2 Å². The van der Waals surface area contributed by atoms with Crippen molar-refractivity contribution in [2.75, 3.05) is 4.90 Å². The normalized spacial score (nSPS) is 14.3. The third kappa shape index (κ3) is 6.18. The van der Waals surface area contributed by atoms with Crippen LogP contribution in [0, 0.1) is 19.7 Å². The van der Waals surface area contributed by atoms with Gasteiger partial charge in [-0.3, -0.25) is 14.9 Å². The molecule has 2 aliphatic heterocycles. The van der Waals surface area contributed by atoms with Gasteiger partial charge in [0, 0.05) is 38.4 Å². The molecule has 11 heteroatoms. The van der Waals surface area contributed by atoms with Gasteiger partial charge in [0.05, 0.1) is 116 Å². The summed E-state index contributed by atoms with van der Waals surface area (Å²) < 4.78 is 21.4. The fourth-order valence-electron chi connectivity index (χ4n) is 14.2. The van der Waals surface area contributed by atoms with Gasteiger partial charge in [0.15, 0.2) is 40.1 Å². The minimum absolute atomic E-state index is 0.508. The standard InChI is InChI=1S/C74H39N9O2/c1-75-43-32-35-63-51(36-43)50-18-6-9-23-60(50)82(63)66-26-14-19-54-72(66)85-73-55(20-15-27-67(73)83-64-24-10-12-28-68(64)84-69-29-13-11-25-65(69)83)74(54)56-39-46(80-58-21-7-4-16-48(58)49-17-5-8-22-59(49)80)41-78-70(56)71-57(74)40-47(42-79-71)81-61-33-30-44(76-2)37-52(61)53-38-45(77-3)31-34-62(53)81/h4-42H. The van der Waals surface area contributed by atoms with Crippen molar-refractivity contribution in [2.24, 2.45) is 0 Å². The van der Waals surface area contributed by atoms with E-state index < -0.39 is 5.41 Å². The van der Waals surface area contributed by atoms with Crippen molar-refractivity contribution < 1.29 is 9.47 Å². The van der Waals surface area contributed by atoms with Gasteiger partial charge in [-0.1, -0.05) is 121 Å². The number of para-hydroxylation sites is 9. The molecule has 85 heavy (non-hydrogen) atoms. The molecule has 10 aromatic carbocycles. The Morgan fingerprint density at radius 1 is 0.329 bits per heavy atom. The fourth-order valence-corrected chi connectivity index (χ4v) is 14.2. The summed E-state index contributed by atoms with van der Waals surface area (Å²) in [7, 11) is 0. The minimum atomic E-state index is -1.20. The van der Waals surface area contributed by atoms with E-state index in [0.29, 0.717) is 40.1 Å². The highest BCUT2D eigenvalue weighted by molar-refractivity contribution is 6.13. The monoisotopic (exact) mass is 1090 g/mol. The average molecular weight is 1090 g/mol. The molecule has 1 unspecified atom stereocenters. The number of hydrogen-bond donors (Lipinski definition) is 0. The molecule has 15 aromatic rings. The van der Waals surface area contributed by atoms with Crippen LogP contribution in [-0.4, -0.2) is 23.7 Å². The van der Waals surface area contributed by atoms with Crippen LogP contribution in [0.1, 0.15) is 22.3 Å². The van der Waals surface area contributed by atoms with Crippen LogP contribution in [-0.2, 0) is 5.41 Å². The van der Waals surface area contributed by atoms with Crippen molar-refractivity contribution in [3.05, 3.63) is 293 Å². The van der Waals surface area contributed by atoms with Gasteiger partial charge in [-0.05, 0) is 119 Å². The van der Waals surface area contributed by atoms with Crippen LogP contribution in [0.3, 0.4) is 0 Å². The Bertz CT molecular complexity index is 5480. The summed E-state index contributed by atoms with van der Waals surface area (Å²) in [5.74, 6) is 2.68. The summed E-state index contributed by atoms with van der Waals surface area (Å²) in [5, 5.41) is 5.97. The maximum Gasteiger partial charge on any atom is 0.188 e. The van der Waals surface area contributed by atoms with Gasteiger partial charge in [0.25, 0.3) is 0 Å². The van der Waals surface area contributed by atoms with Crippen LogP contribution in [0.2, 0.25) is 0 Å². The van der Waals surface area contributed by atoms with Gasteiger partial charge in [0.1, 0.15) is 0 Å². The van der Waals surface area contributed by atoms with Crippen LogP contribution in [0.25, 0.3) is 108 Å². The number of nitrogens with zero attached hydrogens (tertiary/aromatic N) is 9. The molecule has 0 amide bonds. The smallest absolute Gasteiger partial charge is 0.188 e. The second-order valence-corrected chi connectivity index (χ2v) is 21.7. The van der Waals surface area contributed by atoms with Crippen LogP contribution in [0.15, 0.2) is 237 Å². The lowest BCUT2D eigenvalue weighted by molar-refractivity contribution is 0.434. The first-order valence-corrected chi connectivity index (χ1v) is 27.9. The van der Waals surface area contributed by atoms with Gasteiger partial charge >= 0.3 is 0 Å². The average Bonchev–Trinajstić information content (AvgIpc) is 3.79. The molecule has 7 heterocycles. The highest BCUT2D eigenvalue weighted by Crippen LogP contribution is 2.66. The Balaban J connectivity index is 1.01. The van der Waals surface area contributed by atoms with Crippen molar-refractivity contribution in [1.29, 1.82) is 0 Å². The van der Waals surface area contributed by atoms with Crippen LogP contribution in [0.4, 0.5) is 34.1 Å². The van der Waals surface area contributed by atoms with E-state index in [1.807, 2.05) is 109 Å². The van der Waals surface area contributed by atoms with Crippen molar-refractivity contribution >= 4 is 99.5 Å². The maximum absolute atomic E-state index is 8.06. The minimum Gasteiger partial charge on any atom is -0.453 e. The van der Waals surface area contributed by atoms with Gasteiger partial charge < -0.3 is 23.2 Å². The second kappa shape index (κ2) is 17.2. The van der Waals surface area contributed by atoms with E-state index in [2.05, 4.69) is 161 Å². The first kappa shape index (κ1) is 46.5. The van der Waals surface area contributed by atoms with Gasteiger partial charge in [-0.25, -0.2) is 14.5 Å². The van der Waals surface area contributed by atoms with Crippen LogP contribution < -0.4 is 14.4 Å². The number of hydrogen-bond acceptors (Lipinski definition) is 5. The Kier molecular flexibility index (Phi) is 9.39. The topological polar surface area (TPSA) is 75.4 Å². The molecule has 0 N–H and O–H groups in total. The van der Waals surface area contributed by atoms with Crippen LogP contribution in [0.5, 0.6) is 23.0 Å². The zero-order valence-corrected chi connectivity index (χ0v) is 44.9. The lowest BCUT2D eigenvalue weighted by Crippen LogP contribution is -2.33. The number of ether oxygens (including phenoxy) is 2. The molecular formula is C74H39N9O2. The number of pyridine rings is 2. The first-order valence-electron chi connectivity index (χ1n) is 27.9. The lowest BCUT2D eigenvalue weighted by atomic mass is 9.66. The number of anilines is 3. The quantitative estimate of drug-likeness (QED) is 0.164. The van der Waals surface area contributed by atoms with Crippen molar-refractivity contribution in [3.63, 3.8) is 0 Å². The lowest BCUT2D eigenvalue weighted by Gasteiger charge is -2.42. The van der Waals surface area contributed by atoms with E-state index in [9.17, 15) is 0 Å².